The summed E-state index contributed by atoms with van der Waals surface area (Å²) < 4.78 is 5.21. The number of oxazole rings is 1. The molecule has 0 atom stereocenters. The lowest BCUT2D eigenvalue weighted by Gasteiger charge is -1.84. The summed E-state index contributed by atoms with van der Waals surface area (Å²) in [6.07, 6.45) is 1.83. The van der Waals surface area contributed by atoms with E-state index in [1.165, 1.54) is 6.26 Å². The first-order chi connectivity index (χ1) is 6.40. The maximum absolute atomic E-state index is 8.43. The molecule has 2 aromatic heterocycles. The highest BCUT2D eigenvalue weighted by molar-refractivity contribution is 7.13. The van der Waals surface area contributed by atoms with E-state index in [0.717, 1.165) is 4.88 Å². The van der Waals surface area contributed by atoms with Crippen LogP contribution in [0, 0.1) is 11.3 Å². The largest absolute Gasteiger partial charge is 0.444 e. The number of aromatic nitrogens is 1. The average Bonchev–Trinajstić information content (AvgIpc) is 2.70. The van der Waals surface area contributed by atoms with Crippen molar-refractivity contribution in [3.05, 3.63) is 29.5 Å². The maximum Gasteiger partial charge on any atom is 0.236 e. The molecule has 0 saturated carbocycles. The summed E-state index contributed by atoms with van der Waals surface area (Å²) in [7, 11) is 0. The van der Waals surface area contributed by atoms with E-state index in [4.69, 9.17) is 9.68 Å². The van der Waals surface area contributed by atoms with Crippen LogP contribution in [0.3, 0.4) is 0 Å². The number of rotatable bonds is 2. The summed E-state index contributed by atoms with van der Waals surface area (Å²) in [5.74, 6) is 0.597. The number of thiophene rings is 1. The van der Waals surface area contributed by atoms with Gasteiger partial charge in [-0.25, -0.2) is 4.98 Å². The molecular formula is C9H6N2OS. The topological polar surface area (TPSA) is 49.8 Å². The third-order valence-electron chi connectivity index (χ3n) is 1.54. The van der Waals surface area contributed by atoms with Gasteiger partial charge >= 0.3 is 0 Å². The molecule has 0 saturated heterocycles. The van der Waals surface area contributed by atoms with Crippen LogP contribution in [0.1, 0.15) is 5.69 Å². The summed E-state index contributed by atoms with van der Waals surface area (Å²) in [4.78, 5) is 5.15. The van der Waals surface area contributed by atoms with Crippen LogP contribution < -0.4 is 0 Å². The minimum absolute atomic E-state index is 0.300. The molecule has 0 amide bonds. The zero-order valence-electron chi connectivity index (χ0n) is 6.73. The molecule has 0 radical (unpaired) electrons. The van der Waals surface area contributed by atoms with Crippen molar-refractivity contribution in [3.8, 4) is 16.8 Å². The van der Waals surface area contributed by atoms with Crippen molar-refractivity contribution in [2.45, 2.75) is 6.42 Å². The second-order valence-electron chi connectivity index (χ2n) is 2.46. The fourth-order valence-electron chi connectivity index (χ4n) is 0.983. The highest BCUT2D eigenvalue weighted by Gasteiger charge is 2.06. The lowest BCUT2D eigenvalue weighted by atomic mass is 10.4. The predicted molar refractivity (Wildman–Crippen MR) is 49.1 cm³/mol. The van der Waals surface area contributed by atoms with Crippen molar-refractivity contribution < 1.29 is 4.42 Å². The van der Waals surface area contributed by atoms with Gasteiger partial charge in [0.05, 0.1) is 23.1 Å². The van der Waals surface area contributed by atoms with E-state index in [1.54, 1.807) is 11.3 Å². The van der Waals surface area contributed by atoms with E-state index in [1.807, 2.05) is 23.6 Å². The standard InChI is InChI=1S/C9H6N2OS/c10-4-3-7-6-12-9(11-7)8-2-1-5-13-8/h1-2,5-6H,3H2. The van der Waals surface area contributed by atoms with Gasteiger partial charge in [0.1, 0.15) is 6.26 Å². The predicted octanol–water partition coefficient (Wildman–Crippen LogP) is 2.47. The van der Waals surface area contributed by atoms with Crippen LogP contribution in [-0.4, -0.2) is 4.98 Å². The van der Waals surface area contributed by atoms with Gasteiger partial charge < -0.3 is 4.42 Å². The third-order valence-corrected chi connectivity index (χ3v) is 2.40. The molecule has 0 bridgehead atoms. The summed E-state index contributed by atoms with van der Waals surface area (Å²) >= 11 is 1.57. The highest BCUT2D eigenvalue weighted by Crippen LogP contribution is 2.23. The Morgan fingerprint density at radius 1 is 1.62 bits per heavy atom. The summed E-state index contributed by atoms with van der Waals surface area (Å²) in [6, 6.07) is 5.90. The quantitative estimate of drug-likeness (QED) is 0.730. The van der Waals surface area contributed by atoms with Gasteiger partial charge in [0.25, 0.3) is 0 Å². The van der Waals surface area contributed by atoms with Crippen molar-refractivity contribution in [1.82, 2.24) is 4.98 Å². The van der Waals surface area contributed by atoms with Crippen LogP contribution >= 0.6 is 11.3 Å². The zero-order chi connectivity index (χ0) is 9.10. The van der Waals surface area contributed by atoms with Gasteiger partial charge in [-0.15, -0.1) is 11.3 Å². The van der Waals surface area contributed by atoms with Gasteiger partial charge in [-0.1, -0.05) is 6.07 Å². The summed E-state index contributed by atoms with van der Waals surface area (Å²) in [5.41, 5.74) is 0.686. The van der Waals surface area contributed by atoms with Crippen LogP contribution in [0.25, 0.3) is 10.8 Å². The van der Waals surface area contributed by atoms with Crippen molar-refractivity contribution in [1.29, 1.82) is 5.26 Å². The van der Waals surface area contributed by atoms with Crippen LogP contribution in [0.15, 0.2) is 28.2 Å². The fraction of sp³-hybridized carbons (Fsp3) is 0.111. The molecule has 2 rings (SSSR count). The molecule has 0 unspecified atom stereocenters. The molecule has 0 spiro atoms. The van der Waals surface area contributed by atoms with Gasteiger partial charge in [0.15, 0.2) is 0 Å². The van der Waals surface area contributed by atoms with Gasteiger partial charge in [-0.2, -0.15) is 5.26 Å². The van der Waals surface area contributed by atoms with E-state index in [2.05, 4.69) is 4.98 Å². The Kier molecular flexibility index (Phi) is 2.11. The molecule has 2 aromatic rings. The molecule has 13 heavy (non-hydrogen) atoms. The smallest absolute Gasteiger partial charge is 0.236 e. The van der Waals surface area contributed by atoms with Crippen LogP contribution in [-0.2, 0) is 6.42 Å². The molecular weight excluding hydrogens is 184 g/mol. The fourth-order valence-corrected chi connectivity index (χ4v) is 1.64. The minimum Gasteiger partial charge on any atom is -0.444 e. The first kappa shape index (κ1) is 8.02. The molecule has 64 valence electrons. The highest BCUT2D eigenvalue weighted by atomic mass is 32.1. The Balaban J connectivity index is 2.29. The van der Waals surface area contributed by atoms with Crippen molar-refractivity contribution in [3.63, 3.8) is 0 Å². The molecule has 0 aliphatic carbocycles. The number of nitrogens with zero attached hydrogens (tertiary/aromatic N) is 2. The van der Waals surface area contributed by atoms with Gasteiger partial charge in [-0.3, -0.25) is 0 Å². The molecule has 0 aromatic carbocycles. The first-order valence-corrected chi connectivity index (χ1v) is 4.63. The normalized spacial score (nSPS) is 9.77. The van der Waals surface area contributed by atoms with E-state index in [0.29, 0.717) is 18.0 Å². The minimum atomic E-state index is 0.300. The number of nitriles is 1. The molecule has 0 fully saturated rings. The zero-order valence-corrected chi connectivity index (χ0v) is 7.54. The molecule has 2 heterocycles. The summed E-state index contributed by atoms with van der Waals surface area (Å²) in [5, 5.41) is 10.4. The van der Waals surface area contributed by atoms with Crippen LogP contribution in [0.4, 0.5) is 0 Å². The van der Waals surface area contributed by atoms with Gasteiger partial charge in [-0.05, 0) is 11.4 Å². The molecule has 0 aliphatic heterocycles. The third kappa shape index (κ3) is 1.60. The Hall–Kier alpha value is -1.60. The first-order valence-electron chi connectivity index (χ1n) is 3.75. The van der Waals surface area contributed by atoms with Gasteiger partial charge in [0.2, 0.25) is 5.89 Å². The lowest BCUT2D eigenvalue weighted by molar-refractivity contribution is 0.574. The van der Waals surface area contributed by atoms with Crippen LogP contribution in [0.2, 0.25) is 0 Å². The number of hydrogen-bond donors (Lipinski definition) is 0. The van der Waals surface area contributed by atoms with E-state index >= 15 is 0 Å². The lowest BCUT2D eigenvalue weighted by Crippen LogP contribution is -1.79. The SMILES string of the molecule is N#CCc1coc(-c2cccs2)n1. The van der Waals surface area contributed by atoms with E-state index < -0.39 is 0 Å². The van der Waals surface area contributed by atoms with Crippen molar-refractivity contribution in [2.24, 2.45) is 0 Å². The second-order valence-corrected chi connectivity index (χ2v) is 3.40. The van der Waals surface area contributed by atoms with Crippen molar-refractivity contribution in [2.75, 3.05) is 0 Å². The Morgan fingerprint density at radius 2 is 2.54 bits per heavy atom. The molecule has 3 nitrogen and oxygen atoms in total. The maximum atomic E-state index is 8.43. The molecule has 0 aliphatic rings. The second kappa shape index (κ2) is 3.42. The molecule has 4 heteroatoms. The Morgan fingerprint density at radius 3 is 3.23 bits per heavy atom. The average molecular weight is 190 g/mol. The number of hydrogen-bond acceptors (Lipinski definition) is 4. The van der Waals surface area contributed by atoms with E-state index in [9.17, 15) is 0 Å². The molecule has 0 N–H and O–H groups in total. The van der Waals surface area contributed by atoms with Crippen LogP contribution in [0.5, 0.6) is 0 Å². The monoisotopic (exact) mass is 190 g/mol. The van der Waals surface area contributed by atoms with E-state index in [-0.39, 0.29) is 0 Å². The summed E-state index contributed by atoms with van der Waals surface area (Å²) in [6.45, 7) is 0. The Bertz CT molecular complexity index is 425. The van der Waals surface area contributed by atoms with Crippen molar-refractivity contribution >= 4 is 11.3 Å². The van der Waals surface area contributed by atoms with Gasteiger partial charge in [0, 0.05) is 0 Å². The Labute approximate surface area is 79.3 Å².